The number of nitriles is 1. The van der Waals surface area contributed by atoms with Crippen molar-refractivity contribution in [1.82, 2.24) is 0 Å². The van der Waals surface area contributed by atoms with Crippen molar-refractivity contribution in [3.8, 4) is 6.07 Å². The normalized spacial score (nSPS) is 12.1. The van der Waals surface area contributed by atoms with Crippen LogP contribution in [0.3, 0.4) is 0 Å². The topological polar surface area (TPSA) is 40.9 Å². The second-order valence-electron chi connectivity index (χ2n) is 2.89. The average molecular weight is 246 g/mol. The summed E-state index contributed by atoms with van der Waals surface area (Å²) in [5.74, 6) is -0.121. The molecular weight excluding hydrogens is 237 g/mol. The number of benzene rings is 1. The number of unbranched alkanes of at least 4 members (excludes halogenated alkanes) is 1. The smallest absolute Gasteiger partial charge is 0.141 e. The third-order valence-electron chi connectivity index (χ3n) is 1.77. The van der Waals surface area contributed by atoms with Crippen LogP contribution in [-0.2, 0) is 10.8 Å². The molecule has 2 nitrogen and oxygen atoms in total. The van der Waals surface area contributed by atoms with E-state index in [-0.39, 0.29) is 5.02 Å². The van der Waals surface area contributed by atoms with Gasteiger partial charge in [-0.3, -0.25) is 4.21 Å². The molecule has 15 heavy (non-hydrogen) atoms. The molecule has 1 aromatic rings. The van der Waals surface area contributed by atoms with Gasteiger partial charge in [-0.05, 0) is 24.6 Å². The van der Waals surface area contributed by atoms with Gasteiger partial charge in [0.1, 0.15) is 5.82 Å². The molecule has 0 N–H and O–H groups in total. The third-order valence-corrected chi connectivity index (χ3v) is 3.50. The van der Waals surface area contributed by atoms with Gasteiger partial charge in [-0.1, -0.05) is 11.6 Å². The molecular formula is C10H9ClFNOS. The van der Waals surface area contributed by atoms with Crippen molar-refractivity contribution in [2.75, 3.05) is 5.75 Å². The number of hydrogen-bond donors (Lipinski definition) is 0. The summed E-state index contributed by atoms with van der Waals surface area (Å²) in [7, 11) is -1.21. The summed E-state index contributed by atoms with van der Waals surface area (Å²) in [5, 5.41) is 8.28. The molecule has 0 aliphatic rings. The van der Waals surface area contributed by atoms with Crippen molar-refractivity contribution in [2.24, 2.45) is 0 Å². The van der Waals surface area contributed by atoms with Crippen LogP contribution >= 0.6 is 11.6 Å². The first kappa shape index (κ1) is 12.2. The lowest BCUT2D eigenvalue weighted by Gasteiger charge is -2.01. The Morgan fingerprint density at radius 2 is 2.27 bits per heavy atom. The number of hydrogen-bond acceptors (Lipinski definition) is 2. The van der Waals surface area contributed by atoms with E-state index in [0.717, 1.165) is 0 Å². The lowest BCUT2D eigenvalue weighted by Crippen LogP contribution is -1.98. The molecule has 5 heteroatoms. The molecule has 0 aliphatic carbocycles. The first-order valence-electron chi connectivity index (χ1n) is 4.35. The van der Waals surface area contributed by atoms with Crippen molar-refractivity contribution in [1.29, 1.82) is 5.26 Å². The highest BCUT2D eigenvalue weighted by Crippen LogP contribution is 2.18. The van der Waals surface area contributed by atoms with Gasteiger partial charge in [0.2, 0.25) is 0 Å². The van der Waals surface area contributed by atoms with Gasteiger partial charge in [-0.15, -0.1) is 0 Å². The average Bonchev–Trinajstić information content (AvgIpc) is 2.22. The molecule has 0 saturated heterocycles. The van der Waals surface area contributed by atoms with Crippen LogP contribution in [0.4, 0.5) is 4.39 Å². The molecule has 0 aromatic heterocycles. The standard InChI is InChI=1S/C10H9ClFNOS/c11-9-7-8(3-4-10(9)12)15(14)6-2-1-5-13/h3-4,7H,1-2,6H2. The van der Waals surface area contributed by atoms with Gasteiger partial charge >= 0.3 is 0 Å². The fourth-order valence-corrected chi connectivity index (χ4v) is 2.38. The molecule has 0 amide bonds. The predicted octanol–water partition coefficient (Wildman–Crippen LogP) is 2.89. The number of rotatable bonds is 4. The van der Waals surface area contributed by atoms with Crippen molar-refractivity contribution in [2.45, 2.75) is 17.7 Å². The van der Waals surface area contributed by atoms with Gasteiger partial charge in [0.15, 0.2) is 0 Å². The van der Waals surface area contributed by atoms with Crippen molar-refractivity contribution < 1.29 is 8.60 Å². The van der Waals surface area contributed by atoms with Crippen molar-refractivity contribution in [3.63, 3.8) is 0 Å². The molecule has 1 unspecified atom stereocenters. The highest BCUT2D eigenvalue weighted by molar-refractivity contribution is 7.85. The van der Waals surface area contributed by atoms with Crippen LogP contribution in [-0.4, -0.2) is 9.96 Å². The summed E-state index contributed by atoms with van der Waals surface area (Å²) >= 11 is 5.56. The van der Waals surface area contributed by atoms with E-state index in [2.05, 4.69) is 0 Å². The Bertz CT molecular complexity index is 416. The molecule has 1 atom stereocenters. The molecule has 0 aliphatic heterocycles. The largest absolute Gasteiger partial charge is 0.254 e. The molecule has 1 rings (SSSR count). The molecule has 0 bridgehead atoms. The van der Waals surface area contributed by atoms with Crippen LogP contribution in [0.15, 0.2) is 23.1 Å². The zero-order chi connectivity index (χ0) is 11.3. The molecule has 0 saturated carbocycles. The minimum atomic E-state index is -1.21. The Morgan fingerprint density at radius 1 is 1.53 bits per heavy atom. The number of halogens is 2. The Morgan fingerprint density at radius 3 is 2.87 bits per heavy atom. The SMILES string of the molecule is N#CCCCS(=O)c1ccc(F)c(Cl)c1. The lowest BCUT2D eigenvalue weighted by atomic mass is 10.3. The Labute approximate surface area is 95.1 Å². The van der Waals surface area contributed by atoms with Crippen LogP contribution in [0.2, 0.25) is 5.02 Å². The zero-order valence-electron chi connectivity index (χ0n) is 7.87. The molecule has 1 aromatic carbocycles. The van der Waals surface area contributed by atoms with Gasteiger partial charge in [-0.25, -0.2) is 4.39 Å². The van der Waals surface area contributed by atoms with Gasteiger partial charge in [0, 0.05) is 17.1 Å². The fraction of sp³-hybridized carbons (Fsp3) is 0.300. The second-order valence-corrected chi connectivity index (χ2v) is 4.87. The Balaban J connectivity index is 2.67. The van der Waals surface area contributed by atoms with Gasteiger partial charge in [-0.2, -0.15) is 5.26 Å². The maximum atomic E-state index is 12.8. The van der Waals surface area contributed by atoms with Crippen LogP contribution in [0.25, 0.3) is 0 Å². The Hall–Kier alpha value is -0.920. The maximum absolute atomic E-state index is 12.8. The van der Waals surface area contributed by atoms with E-state index in [1.54, 1.807) is 0 Å². The van der Waals surface area contributed by atoms with E-state index in [0.29, 0.717) is 23.5 Å². The van der Waals surface area contributed by atoms with E-state index in [1.165, 1.54) is 18.2 Å². The first-order chi connectivity index (χ1) is 7.15. The summed E-state index contributed by atoms with van der Waals surface area (Å²) in [5.41, 5.74) is 0. The van der Waals surface area contributed by atoms with Crippen LogP contribution in [0.5, 0.6) is 0 Å². The summed E-state index contributed by atoms with van der Waals surface area (Å²) in [6.07, 6.45) is 0.943. The van der Waals surface area contributed by atoms with E-state index >= 15 is 0 Å². The summed E-state index contributed by atoms with van der Waals surface area (Å²) in [4.78, 5) is 0.499. The zero-order valence-corrected chi connectivity index (χ0v) is 9.45. The van der Waals surface area contributed by atoms with Crippen LogP contribution in [0.1, 0.15) is 12.8 Å². The predicted molar refractivity (Wildman–Crippen MR) is 57.5 cm³/mol. The quantitative estimate of drug-likeness (QED) is 0.766. The molecule has 0 spiro atoms. The lowest BCUT2D eigenvalue weighted by molar-refractivity contribution is 0.626. The summed E-state index contributed by atoms with van der Waals surface area (Å²) in [6, 6.07) is 5.98. The first-order valence-corrected chi connectivity index (χ1v) is 6.05. The highest BCUT2D eigenvalue weighted by Gasteiger charge is 2.06. The van der Waals surface area contributed by atoms with Crippen LogP contribution < -0.4 is 0 Å². The minimum absolute atomic E-state index is 0.0267. The van der Waals surface area contributed by atoms with Gasteiger partial charge < -0.3 is 0 Å². The van der Waals surface area contributed by atoms with Crippen molar-refractivity contribution >= 4 is 22.4 Å². The van der Waals surface area contributed by atoms with E-state index in [9.17, 15) is 8.60 Å². The van der Waals surface area contributed by atoms with E-state index in [1.807, 2.05) is 6.07 Å². The minimum Gasteiger partial charge on any atom is -0.254 e. The second kappa shape index (κ2) is 5.84. The Kier molecular flexibility index (Phi) is 4.73. The van der Waals surface area contributed by atoms with E-state index in [4.69, 9.17) is 16.9 Å². The maximum Gasteiger partial charge on any atom is 0.141 e. The van der Waals surface area contributed by atoms with E-state index < -0.39 is 16.6 Å². The molecule has 80 valence electrons. The van der Waals surface area contributed by atoms with Gasteiger partial charge in [0.05, 0.1) is 21.9 Å². The third kappa shape index (κ3) is 3.61. The molecule has 0 fully saturated rings. The summed E-state index contributed by atoms with van der Waals surface area (Å²) < 4.78 is 24.4. The number of nitrogens with zero attached hydrogens (tertiary/aromatic N) is 1. The van der Waals surface area contributed by atoms with Gasteiger partial charge in [0.25, 0.3) is 0 Å². The monoisotopic (exact) mass is 245 g/mol. The highest BCUT2D eigenvalue weighted by atomic mass is 35.5. The molecule has 0 heterocycles. The fourth-order valence-electron chi connectivity index (χ4n) is 1.02. The summed E-state index contributed by atoms with van der Waals surface area (Å²) in [6.45, 7) is 0. The van der Waals surface area contributed by atoms with Crippen LogP contribution in [0, 0.1) is 17.1 Å². The molecule has 0 radical (unpaired) electrons. The van der Waals surface area contributed by atoms with Crippen molar-refractivity contribution in [3.05, 3.63) is 29.0 Å².